The van der Waals surface area contributed by atoms with E-state index in [0.29, 0.717) is 6.04 Å². The molecule has 3 heterocycles. The Morgan fingerprint density at radius 3 is 2.68 bits per heavy atom. The highest BCUT2D eigenvalue weighted by atomic mass is 35.5. The van der Waals surface area contributed by atoms with Crippen LogP contribution in [0.2, 0.25) is 0 Å². The SMILES string of the molecule is Cl.O=C(c1cccs1)N1CCC(C2CCCN2)CC1. The second kappa shape index (κ2) is 6.73. The molecular weight excluding hydrogens is 280 g/mol. The number of nitrogens with one attached hydrogen (secondary N) is 1. The standard InChI is InChI=1S/C14H20N2OS.ClH/c17-14(13-4-2-10-18-13)16-8-5-11(6-9-16)12-3-1-7-15-12;/h2,4,10-12,15H,1,3,5-9H2;1H. The van der Waals surface area contributed by atoms with Gasteiger partial charge in [-0.05, 0) is 49.6 Å². The topological polar surface area (TPSA) is 32.3 Å². The van der Waals surface area contributed by atoms with Crippen molar-refractivity contribution in [2.45, 2.75) is 31.7 Å². The van der Waals surface area contributed by atoms with Gasteiger partial charge in [0.05, 0.1) is 4.88 Å². The minimum absolute atomic E-state index is 0. The lowest BCUT2D eigenvalue weighted by atomic mass is 9.88. The van der Waals surface area contributed by atoms with Crippen molar-refractivity contribution < 1.29 is 4.79 Å². The van der Waals surface area contributed by atoms with Gasteiger partial charge in [-0.2, -0.15) is 0 Å². The molecule has 0 saturated carbocycles. The van der Waals surface area contributed by atoms with Crippen LogP contribution in [0.25, 0.3) is 0 Å². The first kappa shape index (κ1) is 14.8. The Morgan fingerprint density at radius 2 is 2.11 bits per heavy atom. The van der Waals surface area contributed by atoms with Gasteiger partial charge >= 0.3 is 0 Å². The third-order valence-electron chi connectivity index (χ3n) is 4.23. The Morgan fingerprint density at radius 1 is 1.32 bits per heavy atom. The minimum atomic E-state index is 0. The summed E-state index contributed by atoms with van der Waals surface area (Å²) < 4.78 is 0. The van der Waals surface area contributed by atoms with Crippen molar-refractivity contribution in [3.8, 4) is 0 Å². The van der Waals surface area contributed by atoms with Crippen molar-refractivity contribution in [2.24, 2.45) is 5.92 Å². The molecule has 106 valence electrons. The summed E-state index contributed by atoms with van der Waals surface area (Å²) in [6, 6.07) is 4.59. The molecule has 3 rings (SSSR count). The van der Waals surface area contributed by atoms with Gasteiger partial charge < -0.3 is 10.2 Å². The Hall–Kier alpha value is -0.580. The zero-order valence-corrected chi connectivity index (χ0v) is 12.6. The third kappa shape index (κ3) is 3.30. The molecule has 0 aromatic carbocycles. The normalized spacial score (nSPS) is 24.2. The van der Waals surface area contributed by atoms with Crippen molar-refractivity contribution in [1.82, 2.24) is 10.2 Å². The summed E-state index contributed by atoms with van der Waals surface area (Å²) in [5, 5.41) is 5.57. The second-order valence-corrected chi connectivity index (χ2v) is 6.26. The van der Waals surface area contributed by atoms with E-state index in [1.807, 2.05) is 22.4 Å². The summed E-state index contributed by atoms with van der Waals surface area (Å²) in [4.78, 5) is 15.1. The largest absolute Gasteiger partial charge is 0.338 e. The van der Waals surface area contributed by atoms with Crippen LogP contribution in [0, 0.1) is 5.92 Å². The van der Waals surface area contributed by atoms with E-state index < -0.39 is 0 Å². The van der Waals surface area contributed by atoms with Crippen LogP contribution in [0.5, 0.6) is 0 Å². The molecule has 2 aliphatic rings. The second-order valence-electron chi connectivity index (χ2n) is 5.31. The maximum atomic E-state index is 12.2. The number of hydrogen-bond acceptors (Lipinski definition) is 3. The van der Waals surface area contributed by atoms with Crippen LogP contribution < -0.4 is 5.32 Å². The molecule has 19 heavy (non-hydrogen) atoms. The van der Waals surface area contributed by atoms with Gasteiger partial charge in [0.2, 0.25) is 0 Å². The summed E-state index contributed by atoms with van der Waals surface area (Å²) in [6.45, 7) is 3.04. The molecule has 5 heteroatoms. The summed E-state index contributed by atoms with van der Waals surface area (Å²) >= 11 is 1.55. The smallest absolute Gasteiger partial charge is 0.263 e. The van der Waals surface area contributed by atoms with Gasteiger partial charge in [0.25, 0.3) is 5.91 Å². The number of hydrogen-bond donors (Lipinski definition) is 1. The lowest BCUT2D eigenvalue weighted by molar-refractivity contribution is 0.0679. The molecule has 1 amide bonds. The number of amides is 1. The Balaban J connectivity index is 0.00000133. The first-order valence-corrected chi connectivity index (χ1v) is 7.79. The van der Waals surface area contributed by atoms with Crippen LogP contribution >= 0.6 is 23.7 Å². The van der Waals surface area contributed by atoms with Crippen LogP contribution in [0.4, 0.5) is 0 Å². The minimum Gasteiger partial charge on any atom is -0.338 e. The molecule has 2 fully saturated rings. The lowest BCUT2D eigenvalue weighted by Crippen LogP contribution is -2.43. The van der Waals surface area contributed by atoms with E-state index in [0.717, 1.165) is 36.7 Å². The Bertz CT molecular complexity index is 396. The van der Waals surface area contributed by atoms with Crippen LogP contribution in [0.1, 0.15) is 35.4 Å². The highest BCUT2D eigenvalue weighted by Gasteiger charge is 2.30. The van der Waals surface area contributed by atoms with Crippen molar-refractivity contribution in [2.75, 3.05) is 19.6 Å². The van der Waals surface area contributed by atoms with E-state index >= 15 is 0 Å². The molecule has 2 aliphatic heterocycles. The number of carbonyl (C=O) groups is 1. The predicted molar refractivity (Wildman–Crippen MR) is 81.2 cm³/mol. The van der Waals surface area contributed by atoms with Gasteiger partial charge in [-0.15, -0.1) is 23.7 Å². The van der Waals surface area contributed by atoms with Gasteiger partial charge in [-0.3, -0.25) is 4.79 Å². The van der Waals surface area contributed by atoms with Gasteiger partial charge in [-0.25, -0.2) is 0 Å². The fraction of sp³-hybridized carbons (Fsp3) is 0.643. The summed E-state index contributed by atoms with van der Waals surface area (Å²) in [7, 11) is 0. The van der Waals surface area contributed by atoms with Crippen LogP contribution in [0.15, 0.2) is 17.5 Å². The molecule has 1 aromatic rings. The summed E-state index contributed by atoms with van der Waals surface area (Å²) in [5.74, 6) is 1.00. The third-order valence-corrected chi connectivity index (χ3v) is 5.08. The molecule has 2 saturated heterocycles. The zero-order valence-electron chi connectivity index (χ0n) is 11.0. The average Bonchev–Trinajstić information content (AvgIpc) is 3.11. The van der Waals surface area contributed by atoms with E-state index in [1.54, 1.807) is 11.3 Å². The quantitative estimate of drug-likeness (QED) is 0.911. The maximum Gasteiger partial charge on any atom is 0.263 e. The number of piperidine rings is 1. The van der Waals surface area contributed by atoms with Crippen molar-refractivity contribution >= 4 is 29.7 Å². The molecule has 0 spiro atoms. The molecule has 0 aliphatic carbocycles. The lowest BCUT2D eigenvalue weighted by Gasteiger charge is -2.34. The average molecular weight is 301 g/mol. The van der Waals surface area contributed by atoms with E-state index in [4.69, 9.17) is 0 Å². The number of likely N-dealkylation sites (tertiary alicyclic amines) is 1. The van der Waals surface area contributed by atoms with Gasteiger partial charge in [0.1, 0.15) is 0 Å². The molecule has 1 N–H and O–H groups in total. The fourth-order valence-corrected chi connectivity index (χ4v) is 3.87. The summed E-state index contributed by atoms with van der Waals surface area (Å²) in [6.07, 6.45) is 4.96. The van der Waals surface area contributed by atoms with E-state index in [9.17, 15) is 4.79 Å². The molecular formula is C14H21ClN2OS. The molecule has 0 radical (unpaired) electrons. The van der Waals surface area contributed by atoms with Crippen LogP contribution in [-0.4, -0.2) is 36.5 Å². The van der Waals surface area contributed by atoms with Gasteiger partial charge in [-0.1, -0.05) is 6.07 Å². The molecule has 1 unspecified atom stereocenters. The number of rotatable bonds is 2. The highest BCUT2D eigenvalue weighted by Crippen LogP contribution is 2.26. The Labute approximate surface area is 124 Å². The van der Waals surface area contributed by atoms with E-state index in [-0.39, 0.29) is 18.3 Å². The highest BCUT2D eigenvalue weighted by molar-refractivity contribution is 7.12. The first-order chi connectivity index (χ1) is 8.84. The van der Waals surface area contributed by atoms with Crippen molar-refractivity contribution in [1.29, 1.82) is 0 Å². The molecule has 0 bridgehead atoms. The van der Waals surface area contributed by atoms with Crippen LogP contribution in [-0.2, 0) is 0 Å². The van der Waals surface area contributed by atoms with Crippen LogP contribution in [0.3, 0.4) is 0 Å². The number of halogens is 1. The first-order valence-electron chi connectivity index (χ1n) is 6.91. The monoisotopic (exact) mass is 300 g/mol. The number of carbonyl (C=O) groups excluding carboxylic acids is 1. The maximum absolute atomic E-state index is 12.2. The predicted octanol–water partition coefficient (Wildman–Crippen LogP) is 2.77. The molecule has 1 atom stereocenters. The van der Waals surface area contributed by atoms with E-state index in [2.05, 4.69) is 5.32 Å². The van der Waals surface area contributed by atoms with Gasteiger partial charge in [0, 0.05) is 19.1 Å². The van der Waals surface area contributed by atoms with Crippen molar-refractivity contribution in [3.63, 3.8) is 0 Å². The number of thiophene rings is 1. The summed E-state index contributed by atoms with van der Waals surface area (Å²) in [5.41, 5.74) is 0. The van der Waals surface area contributed by atoms with Gasteiger partial charge in [0.15, 0.2) is 0 Å². The van der Waals surface area contributed by atoms with E-state index in [1.165, 1.54) is 19.4 Å². The Kier molecular flexibility index (Phi) is 5.25. The molecule has 1 aromatic heterocycles. The fourth-order valence-electron chi connectivity index (χ4n) is 3.17. The zero-order chi connectivity index (χ0) is 12.4. The van der Waals surface area contributed by atoms with Crippen molar-refractivity contribution in [3.05, 3.63) is 22.4 Å². The number of nitrogens with zero attached hydrogens (tertiary/aromatic N) is 1. The molecule has 3 nitrogen and oxygen atoms in total.